The molecule has 1 N–H and O–H groups in total. The number of rotatable bonds is 11. The van der Waals surface area contributed by atoms with Gasteiger partial charge in [0.2, 0.25) is 5.91 Å². The van der Waals surface area contributed by atoms with Crippen molar-refractivity contribution in [3.8, 4) is 5.75 Å². The van der Waals surface area contributed by atoms with E-state index in [-0.39, 0.29) is 31.0 Å². The lowest BCUT2D eigenvalue weighted by Crippen LogP contribution is -2.52. The number of halogens is 2. The largest absolute Gasteiger partial charge is 0.483 e. The number of hydrogen-bond acceptors (Lipinski definition) is 3. The van der Waals surface area contributed by atoms with Crippen molar-refractivity contribution in [2.45, 2.75) is 58.7 Å². The molecule has 3 rings (SSSR count). The number of carbonyl (C=O) groups excluding carboxylic acids is 2. The van der Waals surface area contributed by atoms with Crippen molar-refractivity contribution in [2.75, 3.05) is 6.61 Å². The predicted molar refractivity (Wildman–Crippen MR) is 156 cm³/mol. The molecule has 7 heteroatoms. The lowest BCUT2D eigenvalue weighted by molar-refractivity contribution is -0.143. The topological polar surface area (TPSA) is 58.6 Å². The lowest BCUT2D eigenvalue weighted by Gasteiger charge is -2.32. The zero-order valence-corrected chi connectivity index (χ0v) is 24.9. The minimum absolute atomic E-state index is 0.0553. The Labute approximate surface area is 236 Å². The Morgan fingerprint density at radius 2 is 1.59 bits per heavy atom. The maximum Gasteiger partial charge on any atom is 0.261 e. The summed E-state index contributed by atoms with van der Waals surface area (Å²) in [7, 11) is 0. The van der Waals surface area contributed by atoms with Gasteiger partial charge in [-0.2, -0.15) is 0 Å². The number of amides is 2. The Balaban J connectivity index is 1.91. The summed E-state index contributed by atoms with van der Waals surface area (Å²) in [6, 6.07) is 22.7. The van der Waals surface area contributed by atoms with E-state index in [9.17, 15) is 9.59 Å². The second kappa shape index (κ2) is 13.8. The molecule has 0 spiro atoms. The average molecular weight is 630 g/mol. The van der Waals surface area contributed by atoms with Crippen molar-refractivity contribution in [3.05, 3.63) is 98.4 Å². The van der Waals surface area contributed by atoms with Crippen molar-refractivity contribution in [1.82, 2.24) is 10.2 Å². The highest BCUT2D eigenvalue weighted by Crippen LogP contribution is 2.29. The molecule has 0 heterocycles. The van der Waals surface area contributed by atoms with Gasteiger partial charge in [-0.05, 0) is 76.7 Å². The first-order valence-electron chi connectivity index (χ1n) is 12.4. The van der Waals surface area contributed by atoms with E-state index in [0.29, 0.717) is 18.1 Å². The second-order valence-electron chi connectivity index (χ2n) is 9.65. The van der Waals surface area contributed by atoms with Gasteiger partial charge in [-0.25, -0.2) is 0 Å². The molecule has 0 fully saturated rings. The Bertz CT molecular complexity index is 1200. The van der Waals surface area contributed by atoms with Gasteiger partial charge in [-0.1, -0.05) is 78.3 Å². The summed E-state index contributed by atoms with van der Waals surface area (Å²) in [4.78, 5) is 28.8. The van der Waals surface area contributed by atoms with Gasteiger partial charge in [0.15, 0.2) is 6.61 Å². The molecular formula is C30H34Br2N2O3. The fraction of sp³-hybridized carbons (Fsp3) is 0.333. The van der Waals surface area contributed by atoms with E-state index < -0.39 is 6.04 Å². The van der Waals surface area contributed by atoms with E-state index >= 15 is 0 Å². The predicted octanol–water partition coefficient (Wildman–Crippen LogP) is 6.88. The lowest BCUT2D eigenvalue weighted by atomic mass is 10.0. The molecule has 1 atom stereocenters. The number of nitrogens with zero attached hydrogens (tertiary/aromatic N) is 1. The first-order valence-corrected chi connectivity index (χ1v) is 14.0. The van der Waals surface area contributed by atoms with Gasteiger partial charge >= 0.3 is 0 Å². The van der Waals surface area contributed by atoms with E-state index in [1.54, 1.807) is 4.90 Å². The van der Waals surface area contributed by atoms with E-state index in [1.165, 1.54) is 5.56 Å². The molecule has 196 valence electrons. The monoisotopic (exact) mass is 628 g/mol. The Morgan fingerprint density at radius 3 is 2.22 bits per heavy atom. The third-order valence-corrected chi connectivity index (χ3v) is 7.03. The van der Waals surface area contributed by atoms with Gasteiger partial charge in [0.1, 0.15) is 11.8 Å². The van der Waals surface area contributed by atoms with Crippen molar-refractivity contribution >= 4 is 43.7 Å². The van der Waals surface area contributed by atoms with Crippen LogP contribution in [0.3, 0.4) is 0 Å². The molecule has 3 aromatic rings. The fourth-order valence-corrected chi connectivity index (χ4v) is 4.94. The van der Waals surface area contributed by atoms with Gasteiger partial charge in [0.05, 0.1) is 4.47 Å². The third-order valence-electron chi connectivity index (χ3n) is 5.92. The highest BCUT2D eigenvalue weighted by Gasteiger charge is 2.31. The highest BCUT2D eigenvalue weighted by molar-refractivity contribution is 9.10. The van der Waals surface area contributed by atoms with Crippen molar-refractivity contribution in [3.63, 3.8) is 0 Å². The summed E-state index contributed by atoms with van der Waals surface area (Å²) < 4.78 is 7.66. The van der Waals surface area contributed by atoms with Crippen LogP contribution in [0, 0.1) is 0 Å². The third kappa shape index (κ3) is 8.71. The van der Waals surface area contributed by atoms with Gasteiger partial charge in [-0.15, -0.1) is 0 Å². The molecule has 0 aliphatic heterocycles. The van der Waals surface area contributed by atoms with E-state index in [2.05, 4.69) is 51.0 Å². The Kier molecular flexibility index (Phi) is 10.8. The smallest absolute Gasteiger partial charge is 0.261 e. The normalized spacial score (nSPS) is 11.9. The minimum Gasteiger partial charge on any atom is -0.483 e. The zero-order valence-electron chi connectivity index (χ0n) is 21.7. The van der Waals surface area contributed by atoms with Crippen LogP contribution in [0.25, 0.3) is 0 Å². The first kappa shape index (κ1) is 28.9. The quantitative estimate of drug-likeness (QED) is 0.252. The number of ether oxygens (including phenoxy) is 1. The van der Waals surface area contributed by atoms with Crippen LogP contribution in [0.5, 0.6) is 5.75 Å². The van der Waals surface area contributed by atoms with Gasteiger partial charge < -0.3 is 15.0 Å². The van der Waals surface area contributed by atoms with Crippen molar-refractivity contribution < 1.29 is 14.3 Å². The van der Waals surface area contributed by atoms with Crippen molar-refractivity contribution in [2.24, 2.45) is 0 Å². The first-order chi connectivity index (χ1) is 17.6. The molecule has 5 nitrogen and oxygen atoms in total. The molecular weight excluding hydrogens is 596 g/mol. The molecule has 3 aromatic carbocycles. The molecule has 0 aliphatic carbocycles. The zero-order chi connectivity index (χ0) is 26.9. The maximum absolute atomic E-state index is 13.7. The van der Waals surface area contributed by atoms with Crippen molar-refractivity contribution in [1.29, 1.82) is 0 Å². The standard InChI is InChI=1S/C30H34Br2N2O3/c1-20(2)24-13-14-28(26(32)17-24)37-19-29(35)34(18-23-11-8-12-25(31)15-23)27(30(36)33-21(3)4)16-22-9-6-5-7-10-22/h5-15,17,20-21,27H,16,18-19H2,1-4H3,(H,33,36). The summed E-state index contributed by atoms with van der Waals surface area (Å²) in [5, 5.41) is 3.00. The Hall–Kier alpha value is -2.64. The molecule has 0 saturated carbocycles. The number of carbonyl (C=O) groups is 2. The molecule has 0 bridgehead atoms. The highest BCUT2D eigenvalue weighted by atomic mass is 79.9. The van der Waals surface area contributed by atoms with Crippen LogP contribution < -0.4 is 10.1 Å². The molecule has 1 unspecified atom stereocenters. The summed E-state index contributed by atoms with van der Waals surface area (Å²) in [5.74, 6) is 0.515. The summed E-state index contributed by atoms with van der Waals surface area (Å²) >= 11 is 7.08. The number of hydrogen-bond donors (Lipinski definition) is 1. The SMILES string of the molecule is CC(C)NC(=O)C(Cc1ccccc1)N(Cc1cccc(Br)c1)C(=O)COc1ccc(C(C)C)cc1Br. The summed E-state index contributed by atoms with van der Waals surface area (Å²) in [5.41, 5.74) is 3.07. The summed E-state index contributed by atoms with van der Waals surface area (Å²) in [6.45, 7) is 8.17. The molecule has 2 amide bonds. The maximum atomic E-state index is 13.7. The van der Waals surface area contributed by atoms with Gasteiger partial charge in [0, 0.05) is 23.5 Å². The van der Waals surface area contributed by atoms with Crippen LogP contribution in [-0.4, -0.2) is 35.4 Å². The second-order valence-corrected chi connectivity index (χ2v) is 11.4. The van der Waals surface area contributed by atoms with Crippen LogP contribution in [0.4, 0.5) is 0 Å². The van der Waals surface area contributed by atoms with E-state index in [1.807, 2.05) is 86.6 Å². The van der Waals surface area contributed by atoms with Crippen LogP contribution in [0.2, 0.25) is 0 Å². The fourth-order valence-electron chi connectivity index (χ4n) is 3.98. The van der Waals surface area contributed by atoms with E-state index in [4.69, 9.17) is 4.74 Å². The molecule has 0 saturated heterocycles. The van der Waals surface area contributed by atoms with Crippen LogP contribution in [0.1, 0.15) is 50.3 Å². The van der Waals surface area contributed by atoms with Gasteiger partial charge in [0.25, 0.3) is 5.91 Å². The van der Waals surface area contributed by atoms with Crippen LogP contribution in [-0.2, 0) is 22.6 Å². The molecule has 37 heavy (non-hydrogen) atoms. The van der Waals surface area contributed by atoms with Gasteiger partial charge in [-0.3, -0.25) is 9.59 Å². The number of nitrogens with one attached hydrogen (secondary N) is 1. The molecule has 0 radical (unpaired) electrons. The molecule has 0 aromatic heterocycles. The minimum atomic E-state index is -0.702. The van der Waals surface area contributed by atoms with Crippen LogP contribution in [0.15, 0.2) is 81.7 Å². The number of benzene rings is 3. The summed E-state index contributed by atoms with van der Waals surface area (Å²) in [6.07, 6.45) is 0.395. The Morgan fingerprint density at radius 1 is 0.892 bits per heavy atom. The average Bonchev–Trinajstić information content (AvgIpc) is 2.85. The van der Waals surface area contributed by atoms with Crippen LogP contribution >= 0.6 is 31.9 Å². The molecule has 0 aliphatic rings. The van der Waals surface area contributed by atoms with E-state index in [0.717, 1.165) is 20.1 Å².